The fraction of sp³-hybridized carbons (Fsp3) is 0.429. The third kappa shape index (κ3) is 1.76. The van der Waals surface area contributed by atoms with Gasteiger partial charge in [-0.15, -0.1) is 0 Å². The lowest BCUT2D eigenvalue weighted by atomic mass is 10.1. The molecule has 3 heterocycles. The summed E-state index contributed by atoms with van der Waals surface area (Å²) >= 11 is 0. The minimum atomic E-state index is -0.0108. The molecule has 0 spiro atoms. The largest absolute Gasteiger partial charge is 0.322 e. The van der Waals surface area contributed by atoms with Crippen molar-refractivity contribution in [1.29, 1.82) is 0 Å². The van der Waals surface area contributed by atoms with Crippen LogP contribution in [0.5, 0.6) is 0 Å². The van der Waals surface area contributed by atoms with E-state index in [2.05, 4.69) is 20.8 Å². The monoisotopic (exact) mass is 271 g/mol. The molecule has 0 unspecified atom stereocenters. The minimum absolute atomic E-state index is 0.0108. The molecule has 3 N–H and O–H groups in total. The van der Waals surface area contributed by atoms with Gasteiger partial charge >= 0.3 is 6.03 Å². The molecular weight excluding hydrogens is 254 g/mol. The Kier molecular flexibility index (Phi) is 2.63. The first-order valence-electron chi connectivity index (χ1n) is 7.03. The Labute approximate surface area is 116 Å². The van der Waals surface area contributed by atoms with E-state index in [1.165, 1.54) is 0 Å². The molecule has 2 amide bonds. The number of carbonyl (C=O) groups excluding carboxylic acids is 1. The van der Waals surface area contributed by atoms with Crippen LogP contribution in [0.3, 0.4) is 0 Å². The number of hydrogen-bond acceptors (Lipinski definition) is 3. The molecule has 4 rings (SSSR count). The number of nitrogens with zero attached hydrogens (tertiary/aromatic N) is 2. The topological polar surface area (TPSA) is 73.0 Å². The molecule has 2 aliphatic rings. The fourth-order valence-corrected chi connectivity index (χ4v) is 3.36. The van der Waals surface area contributed by atoms with Gasteiger partial charge in [-0.3, -0.25) is 5.10 Å². The number of para-hydroxylation sites is 1. The molecule has 1 aromatic carbocycles. The Bertz CT molecular complexity index is 652. The normalized spacial score (nSPS) is 25.1. The Morgan fingerprint density at radius 1 is 1.40 bits per heavy atom. The van der Waals surface area contributed by atoms with Gasteiger partial charge in [0.15, 0.2) is 0 Å². The van der Waals surface area contributed by atoms with Crippen molar-refractivity contribution in [3.8, 4) is 0 Å². The standard InChI is InChI=1S/C14H17N5O/c20-14(19-5-4-9-6-15-8-12(9)19)17-11-3-1-2-10-7-16-18-13(10)11/h1-3,7,9,12,15H,4-6,8H2,(H,16,18)(H,17,20)/t9-,12+/m0/s1. The Morgan fingerprint density at radius 2 is 2.35 bits per heavy atom. The van der Waals surface area contributed by atoms with Crippen molar-refractivity contribution in [3.63, 3.8) is 0 Å². The van der Waals surface area contributed by atoms with Crippen molar-refractivity contribution in [3.05, 3.63) is 24.4 Å². The van der Waals surface area contributed by atoms with Crippen LogP contribution in [-0.2, 0) is 0 Å². The number of fused-ring (bicyclic) bond motifs is 2. The Balaban J connectivity index is 1.57. The van der Waals surface area contributed by atoms with Gasteiger partial charge in [0.05, 0.1) is 17.4 Å². The summed E-state index contributed by atoms with van der Waals surface area (Å²) in [5, 5.41) is 14.3. The molecule has 1 aromatic heterocycles. The lowest BCUT2D eigenvalue weighted by Crippen LogP contribution is -2.41. The molecule has 2 aromatic rings. The SMILES string of the molecule is O=C(Nc1cccc2cn[nH]c12)N1CC[C@H]2CNC[C@H]21. The van der Waals surface area contributed by atoms with Crippen LogP contribution in [0.25, 0.3) is 10.9 Å². The molecule has 2 aliphatic heterocycles. The van der Waals surface area contributed by atoms with E-state index < -0.39 is 0 Å². The molecule has 20 heavy (non-hydrogen) atoms. The van der Waals surface area contributed by atoms with Crippen molar-refractivity contribution in [1.82, 2.24) is 20.4 Å². The van der Waals surface area contributed by atoms with Gasteiger partial charge in [0, 0.05) is 31.1 Å². The predicted molar refractivity (Wildman–Crippen MR) is 76.6 cm³/mol. The summed E-state index contributed by atoms with van der Waals surface area (Å²) in [5.74, 6) is 0.615. The molecule has 2 fully saturated rings. The number of nitrogens with one attached hydrogen (secondary N) is 3. The predicted octanol–water partition coefficient (Wildman–Crippen LogP) is 1.39. The molecule has 0 radical (unpaired) electrons. The van der Waals surface area contributed by atoms with Gasteiger partial charge in [-0.1, -0.05) is 12.1 Å². The second-order valence-corrected chi connectivity index (χ2v) is 5.54. The van der Waals surface area contributed by atoms with E-state index in [1.807, 2.05) is 23.1 Å². The second-order valence-electron chi connectivity index (χ2n) is 5.54. The number of benzene rings is 1. The van der Waals surface area contributed by atoms with Crippen LogP contribution in [0, 0.1) is 5.92 Å². The van der Waals surface area contributed by atoms with E-state index in [9.17, 15) is 4.79 Å². The van der Waals surface area contributed by atoms with Crippen molar-refractivity contribution in [2.75, 3.05) is 25.0 Å². The first-order valence-corrected chi connectivity index (χ1v) is 7.03. The van der Waals surface area contributed by atoms with Crippen LogP contribution in [0.1, 0.15) is 6.42 Å². The summed E-state index contributed by atoms with van der Waals surface area (Å²) < 4.78 is 0. The van der Waals surface area contributed by atoms with Gasteiger partial charge in [0.2, 0.25) is 0 Å². The zero-order valence-corrected chi connectivity index (χ0v) is 11.1. The van der Waals surface area contributed by atoms with Gasteiger partial charge in [-0.25, -0.2) is 4.79 Å². The second kappa shape index (κ2) is 4.49. The first kappa shape index (κ1) is 11.7. The van der Waals surface area contributed by atoms with E-state index in [0.29, 0.717) is 12.0 Å². The number of rotatable bonds is 1. The summed E-state index contributed by atoms with van der Waals surface area (Å²) in [7, 11) is 0. The highest BCUT2D eigenvalue weighted by molar-refractivity contribution is 5.99. The molecule has 2 saturated heterocycles. The molecule has 0 aliphatic carbocycles. The van der Waals surface area contributed by atoms with Crippen LogP contribution in [0.2, 0.25) is 0 Å². The quantitative estimate of drug-likeness (QED) is 0.734. The van der Waals surface area contributed by atoms with E-state index in [0.717, 1.165) is 42.6 Å². The summed E-state index contributed by atoms with van der Waals surface area (Å²) in [6.45, 7) is 2.79. The molecule has 6 heteroatoms. The molecule has 0 bridgehead atoms. The highest BCUT2D eigenvalue weighted by Gasteiger charge is 2.39. The maximum absolute atomic E-state index is 12.5. The van der Waals surface area contributed by atoms with Gasteiger partial charge in [0.1, 0.15) is 0 Å². The highest BCUT2D eigenvalue weighted by atomic mass is 16.2. The number of urea groups is 1. The van der Waals surface area contributed by atoms with Gasteiger partial charge in [0.25, 0.3) is 0 Å². The third-order valence-electron chi connectivity index (χ3n) is 4.42. The lowest BCUT2D eigenvalue weighted by molar-refractivity contribution is 0.206. The molecular formula is C14H17N5O. The van der Waals surface area contributed by atoms with E-state index in [4.69, 9.17) is 0 Å². The van der Waals surface area contributed by atoms with Crippen molar-refractivity contribution in [2.24, 2.45) is 5.92 Å². The Morgan fingerprint density at radius 3 is 3.30 bits per heavy atom. The van der Waals surface area contributed by atoms with Crippen molar-refractivity contribution < 1.29 is 4.79 Å². The number of aromatic amines is 1. The van der Waals surface area contributed by atoms with Crippen LogP contribution in [-0.4, -0.2) is 46.8 Å². The first-order chi connectivity index (χ1) is 9.83. The molecule has 6 nitrogen and oxygen atoms in total. The number of anilines is 1. The molecule has 2 atom stereocenters. The average molecular weight is 271 g/mol. The maximum Gasteiger partial charge on any atom is 0.322 e. The zero-order chi connectivity index (χ0) is 13.5. The molecule has 104 valence electrons. The number of likely N-dealkylation sites (tertiary alicyclic amines) is 1. The van der Waals surface area contributed by atoms with Crippen molar-refractivity contribution in [2.45, 2.75) is 12.5 Å². The van der Waals surface area contributed by atoms with Crippen molar-refractivity contribution >= 4 is 22.6 Å². The number of H-pyrrole nitrogens is 1. The van der Waals surface area contributed by atoms with Crippen LogP contribution in [0.4, 0.5) is 10.5 Å². The number of hydrogen-bond donors (Lipinski definition) is 3. The van der Waals surface area contributed by atoms with Gasteiger partial charge < -0.3 is 15.5 Å². The van der Waals surface area contributed by atoms with E-state index in [-0.39, 0.29) is 6.03 Å². The minimum Gasteiger partial charge on any atom is -0.320 e. The maximum atomic E-state index is 12.5. The van der Waals surface area contributed by atoms with Crippen LogP contribution < -0.4 is 10.6 Å². The molecule has 0 saturated carbocycles. The van der Waals surface area contributed by atoms with Gasteiger partial charge in [-0.05, 0) is 18.4 Å². The fourth-order valence-electron chi connectivity index (χ4n) is 3.36. The van der Waals surface area contributed by atoms with Crippen LogP contribution in [0.15, 0.2) is 24.4 Å². The Hall–Kier alpha value is -2.08. The summed E-state index contributed by atoms with van der Waals surface area (Å²) in [6.07, 6.45) is 2.86. The zero-order valence-electron chi connectivity index (χ0n) is 11.1. The number of amides is 2. The third-order valence-corrected chi connectivity index (χ3v) is 4.42. The smallest absolute Gasteiger partial charge is 0.320 e. The van der Waals surface area contributed by atoms with Gasteiger partial charge in [-0.2, -0.15) is 5.10 Å². The average Bonchev–Trinajstić information content (AvgIpc) is 3.14. The lowest BCUT2D eigenvalue weighted by Gasteiger charge is -2.23. The van der Waals surface area contributed by atoms with E-state index in [1.54, 1.807) is 6.20 Å². The van der Waals surface area contributed by atoms with E-state index >= 15 is 0 Å². The number of carbonyl (C=O) groups is 1. The summed E-state index contributed by atoms with van der Waals surface area (Å²) in [5.41, 5.74) is 1.67. The van der Waals surface area contributed by atoms with Crippen LogP contribution >= 0.6 is 0 Å². The summed E-state index contributed by atoms with van der Waals surface area (Å²) in [4.78, 5) is 14.4. The number of aromatic nitrogens is 2. The summed E-state index contributed by atoms with van der Waals surface area (Å²) in [6, 6.07) is 6.14. The highest BCUT2D eigenvalue weighted by Crippen LogP contribution is 2.28.